The Kier molecular flexibility index (Phi) is 9.04. The van der Waals surface area contributed by atoms with Crippen molar-refractivity contribution in [2.75, 3.05) is 25.5 Å². The number of carbonyl (C=O) groups excluding carboxylic acids is 1. The molecular formula is C19H26IN5O. The Morgan fingerprint density at radius 1 is 1.23 bits per heavy atom. The van der Waals surface area contributed by atoms with E-state index in [4.69, 9.17) is 5.73 Å². The van der Waals surface area contributed by atoms with Crippen LogP contribution in [0, 0.1) is 13.8 Å². The molecule has 1 aromatic carbocycles. The Morgan fingerprint density at radius 2 is 2.00 bits per heavy atom. The molecule has 0 aliphatic carbocycles. The lowest BCUT2D eigenvalue weighted by Crippen LogP contribution is -2.32. The molecular weight excluding hydrogens is 441 g/mol. The van der Waals surface area contributed by atoms with Crippen LogP contribution in [0.1, 0.15) is 16.8 Å². The van der Waals surface area contributed by atoms with Gasteiger partial charge in [-0.25, -0.2) is 4.99 Å². The minimum absolute atomic E-state index is 0. The van der Waals surface area contributed by atoms with Crippen LogP contribution >= 0.6 is 24.0 Å². The van der Waals surface area contributed by atoms with E-state index in [1.807, 2.05) is 43.3 Å². The lowest BCUT2D eigenvalue weighted by atomic mass is 10.1. The number of pyridine rings is 1. The highest BCUT2D eigenvalue weighted by molar-refractivity contribution is 14.0. The van der Waals surface area contributed by atoms with Gasteiger partial charge in [-0.1, -0.05) is 12.1 Å². The number of benzene rings is 1. The van der Waals surface area contributed by atoms with Gasteiger partial charge in [-0.2, -0.15) is 0 Å². The predicted molar refractivity (Wildman–Crippen MR) is 117 cm³/mol. The number of hydrogen-bond acceptors (Lipinski definition) is 3. The van der Waals surface area contributed by atoms with Crippen LogP contribution in [0.15, 0.2) is 47.6 Å². The topological polar surface area (TPSA) is 83.6 Å². The number of hydrogen-bond donors (Lipinski definition) is 2. The highest BCUT2D eigenvalue weighted by Crippen LogP contribution is 2.13. The maximum absolute atomic E-state index is 12.1. The van der Waals surface area contributed by atoms with Crippen molar-refractivity contribution in [3.63, 3.8) is 0 Å². The minimum Gasteiger partial charge on any atom is -0.370 e. The molecule has 0 fully saturated rings. The number of halogens is 1. The molecule has 6 nitrogen and oxygen atoms in total. The fourth-order valence-corrected chi connectivity index (χ4v) is 2.23. The molecule has 2 aromatic rings. The molecule has 0 aliphatic rings. The average molecular weight is 467 g/mol. The van der Waals surface area contributed by atoms with Gasteiger partial charge in [0.1, 0.15) is 6.54 Å². The van der Waals surface area contributed by atoms with Gasteiger partial charge in [-0.3, -0.25) is 9.78 Å². The van der Waals surface area contributed by atoms with Gasteiger partial charge in [0.25, 0.3) is 0 Å². The molecule has 0 bridgehead atoms. The molecule has 140 valence electrons. The molecule has 1 aromatic heterocycles. The Bertz CT molecular complexity index is 749. The maximum Gasteiger partial charge on any atom is 0.244 e. The summed E-state index contributed by atoms with van der Waals surface area (Å²) in [4.78, 5) is 22.1. The van der Waals surface area contributed by atoms with Crippen LogP contribution in [-0.2, 0) is 11.2 Å². The summed E-state index contributed by atoms with van der Waals surface area (Å²) in [5.74, 6) is 0.149. The van der Waals surface area contributed by atoms with Crippen LogP contribution in [0.5, 0.6) is 0 Å². The third-order valence-electron chi connectivity index (χ3n) is 4.02. The third-order valence-corrected chi connectivity index (χ3v) is 4.02. The lowest BCUT2D eigenvalue weighted by molar-refractivity contribution is -0.128. The van der Waals surface area contributed by atoms with Crippen molar-refractivity contribution in [2.24, 2.45) is 10.7 Å². The zero-order valence-electron chi connectivity index (χ0n) is 15.4. The number of aromatic nitrogens is 1. The zero-order valence-corrected chi connectivity index (χ0v) is 17.7. The van der Waals surface area contributed by atoms with Crippen LogP contribution in [-0.4, -0.2) is 41.9 Å². The fraction of sp³-hybridized carbons (Fsp3) is 0.316. The first kappa shape index (κ1) is 21.9. The van der Waals surface area contributed by atoms with E-state index in [1.165, 1.54) is 11.1 Å². The predicted octanol–water partition coefficient (Wildman–Crippen LogP) is 2.74. The molecule has 1 amide bonds. The number of likely N-dealkylation sites (N-methyl/N-ethyl adjacent to an activating group) is 1. The van der Waals surface area contributed by atoms with E-state index >= 15 is 0 Å². The second-order valence-electron chi connectivity index (χ2n) is 6.01. The number of nitrogens with zero attached hydrogens (tertiary/aromatic N) is 3. The van der Waals surface area contributed by atoms with Gasteiger partial charge >= 0.3 is 0 Å². The molecule has 7 heteroatoms. The van der Waals surface area contributed by atoms with E-state index in [2.05, 4.69) is 22.2 Å². The van der Waals surface area contributed by atoms with Crippen molar-refractivity contribution in [1.82, 2.24) is 9.88 Å². The quantitative estimate of drug-likeness (QED) is 0.389. The first-order valence-corrected chi connectivity index (χ1v) is 8.24. The Labute approximate surface area is 171 Å². The largest absolute Gasteiger partial charge is 0.370 e. The van der Waals surface area contributed by atoms with Gasteiger partial charge in [-0.15, -0.1) is 24.0 Å². The Balaban J connectivity index is 0.00000338. The zero-order chi connectivity index (χ0) is 18.2. The smallest absolute Gasteiger partial charge is 0.244 e. The lowest BCUT2D eigenvalue weighted by Gasteiger charge is -2.16. The molecule has 3 N–H and O–H groups in total. The summed E-state index contributed by atoms with van der Waals surface area (Å²) >= 11 is 0. The number of carbonyl (C=O) groups is 1. The summed E-state index contributed by atoms with van der Waals surface area (Å²) in [7, 11) is 1.76. The van der Waals surface area contributed by atoms with Crippen molar-refractivity contribution in [3.05, 3.63) is 59.4 Å². The van der Waals surface area contributed by atoms with Gasteiger partial charge < -0.3 is 16.0 Å². The number of nitrogens with two attached hydrogens (primary N) is 1. The summed E-state index contributed by atoms with van der Waals surface area (Å²) in [6, 6.07) is 11.7. The number of aryl methyl sites for hydroxylation is 2. The summed E-state index contributed by atoms with van der Waals surface area (Å²) in [6.07, 6.45) is 2.46. The SMILES string of the molecule is Cc1ccc(NC(N)=NCC(=O)N(C)CCc2ccccn2)cc1C.I. The van der Waals surface area contributed by atoms with Crippen LogP contribution < -0.4 is 11.1 Å². The number of amides is 1. The number of rotatable bonds is 6. The second-order valence-corrected chi connectivity index (χ2v) is 6.01. The van der Waals surface area contributed by atoms with E-state index in [0.29, 0.717) is 13.0 Å². The molecule has 2 rings (SSSR count). The van der Waals surface area contributed by atoms with Crippen molar-refractivity contribution in [1.29, 1.82) is 0 Å². The van der Waals surface area contributed by atoms with Gasteiger partial charge in [-0.05, 0) is 49.2 Å². The number of aliphatic imine (C=N–C) groups is 1. The molecule has 0 radical (unpaired) electrons. The first-order chi connectivity index (χ1) is 12.0. The number of guanidine groups is 1. The minimum atomic E-state index is -0.0826. The fourth-order valence-electron chi connectivity index (χ4n) is 2.23. The van der Waals surface area contributed by atoms with E-state index in [-0.39, 0.29) is 42.4 Å². The van der Waals surface area contributed by atoms with E-state index in [0.717, 1.165) is 11.4 Å². The molecule has 0 unspecified atom stereocenters. The van der Waals surface area contributed by atoms with Crippen LogP contribution in [0.3, 0.4) is 0 Å². The van der Waals surface area contributed by atoms with Crippen molar-refractivity contribution in [3.8, 4) is 0 Å². The molecule has 0 spiro atoms. The third kappa shape index (κ3) is 6.99. The van der Waals surface area contributed by atoms with Crippen molar-refractivity contribution < 1.29 is 4.79 Å². The van der Waals surface area contributed by atoms with Crippen LogP contribution in [0.25, 0.3) is 0 Å². The monoisotopic (exact) mass is 467 g/mol. The maximum atomic E-state index is 12.1. The summed E-state index contributed by atoms with van der Waals surface area (Å²) < 4.78 is 0. The molecule has 0 saturated heterocycles. The highest BCUT2D eigenvalue weighted by atomic mass is 127. The van der Waals surface area contributed by atoms with Gasteiger partial charge in [0.05, 0.1) is 0 Å². The molecule has 0 aliphatic heterocycles. The summed E-state index contributed by atoms with van der Waals surface area (Å²) in [6.45, 7) is 4.70. The normalized spacial score (nSPS) is 10.8. The van der Waals surface area contributed by atoms with Gasteiger partial charge in [0.15, 0.2) is 5.96 Å². The van der Waals surface area contributed by atoms with Gasteiger partial charge in [0, 0.05) is 37.6 Å². The van der Waals surface area contributed by atoms with Crippen molar-refractivity contribution >= 4 is 41.5 Å². The number of anilines is 1. The number of nitrogens with one attached hydrogen (secondary N) is 1. The Morgan fingerprint density at radius 3 is 2.65 bits per heavy atom. The van der Waals surface area contributed by atoms with E-state index in [1.54, 1.807) is 18.1 Å². The van der Waals surface area contributed by atoms with E-state index in [9.17, 15) is 4.79 Å². The molecule has 0 saturated carbocycles. The van der Waals surface area contributed by atoms with Gasteiger partial charge in [0.2, 0.25) is 5.91 Å². The highest BCUT2D eigenvalue weighted by Gasteiger charge is 2.08. The van der Waals surface area contributed by atoms with E-state index < -0.39 is 0 Å². The average Bonchev–Trinajstić information content (AvgIpc) is 2.61. The summed E-state index contributed by atoms with van der Waals surface area (Å²) in [5.41, 5.74) is 10.1. The Hall–Kier alpha value is -2.16. The first-order valence-electron chi connectivity index (χ1n) is 8.24. The van der Waals surface area contributed by atoms with Crippen LogP contribution in [0.4, 0.5) is 5.69 Å². The molecule has 0 atom stereocenters. The van der Waals surface area contributed by atoms with Crippen molar-refractivity contribution in [2.45, 2.75) is 20.3 Å². The summed E-state index contributed by atoms with van der Waals surface area (Å²) in [5, 5.41) is 3.01. The molecule has 1 heterocycles. The second kappa shape index (κ2) is 10.7. The van der Waals surface area contributed by atoms with Crippen LogP contribution in [0.2, 0.25) is 0 Å². The standard InChI is InChI=1S/C19H25N5O.HI/c1-14-7-8-17(12-15(14)2)23-19(20)22-13-18(25)24(3)11-9-16-6-4-5-10-21-16;/h4-8,10,12H,9,11,13H2,1-3H3,(H3,20,22,23);1H. The molecule has 26 heavy (non-hydrogen) atoms.